The van der Waals surface area contributed by atoms with Gasteiger partial charge in [-0.3, -0.25) is 14.5 Å². The molecule has 0 aliphatic carbocycles. The van der Waals surface area contributed by atoms with Crippen molar-refractivity contribution in [2.24, 2.45) is 0 Å². The molecule has 110 valence electrons. The Morgan fingerprint density at radius 3 is 2.55 bits per heavy atom. The Balaban J connectivity index is 1.79. The molecule has 1 aliphatic heterocycles. The van der Waals surface area contributed by atoms with Crippen molar-refractivity contribution in [3.63, 3.8) is 0 Å². The third-order valence-electron chi connectivity index (χ3n) is 3.30. The van der Waals surface area contributed by atoms with E-state index in [1.165, 1.54) is 18.4 Å². The van der Waals surface area contributed by atoms with E-state index in [1.807, 2.05) is 4.90 Å². The van der Waals surface area contributed by atoms with Gasteiger partial charge in [0.1, 0.15) is 0 Å². The Labute approximate surface area is 127 Å². The summed E-state index contributed by atoms with van der Waals surface area (Å²) < 4.78 is 5.25. The summed E-state index contributed by atoms with van der Waals surface area (Å²) in [5.74, 6) is -0.161. The standard InChI is InChI=1S/C13H17ClN2O3S/c1-19-12(17)4-5-15-6-8-16(9-7-15)13(18)10-2-3-11(14)20-10/h2-3H,4-9H2,1H3. The lowest BCUT2D eigenvalue weighted by Gasteiger charge is -2.34. The Hall–Kier alpha value is -1.11. The van der Waals surface area contributed by atoms with E-state index in [4.69, 9.17) is 11.6 Å². The summed E-state index contributed by atoms with van der Waals surface area (Å²) in [4.78, 5) is 28.0. The van der Waals surface area contributed by atoms with Crippen LogP contribution in [0, 0.1) is 0 Å². The van der Waals surface area contributed by atoms with E-state index in [0.29, 0.717) is 35.3 Å². The van der Waals surface area contributed by atoms with Crippen molar-refractivity contribution in [1.29, 1.82) is 0 Å². The fraction of sp³-hybridized carbons (Fsp3) is 0.538. The fourth-order valence-corrected chi connectivity index (χ4v) is 3.12. The number of nitrogens with zero attached hydrogens (tertiary/aromatic N) is 2. The molecule has 1 saturated heterocycles. The number of amides is 1. The molecule has 20 heavy (non-hydrogen) atoms. The molecule has 7 heteroatoms. The molecule has 1 amide bonds. The average Bonchev–Trinajstić information content (AvgIpc) is 2.91. The van der Waals surface area contributed by atoms with Crippen LogP contribution in [0.2, 0.25) is 4.34 Å². The quantitative estimate of drug-likeness (QED) is 0.794. The topological polar surface area (TPSA) is 49.9 Å². The second-order valence-electron chi connectivity index (χ2n) is 4.56. The maximum Gasteiger partial charge on any atom is 0.306 e. The Bertz CT molecular complexity index is 484. The van der Waals surface area contributed by atoms with Crippen molar-refractivity contribution >= 4 is 34.8 Å². The maximum atomic E-state index is 12.2. The normalized spacial score (nSPS) is 16.2. The van der Waals surface area contributed by atoms with Gasteiger partial charge in [0.25, 0.3) is 5.91 Å². The number of esters is 1. The van der Waals surface area contributed by atoms with Gasteiger partial charge < -0.3 is 9.64 Å². The molecule has 0 bridgehead atoms. The number of carbonyl (C=O) groups is 2. The third-order valence-corrected chi connectivity index (χ3v) is 4.52. The molecule has 0 aromatic carbocycles. The SMILES string of the molecule is COC(=O)CCN1CCN(C(=O)c2ccc(Cl)s2)CC1. The van der Waals surface area contributed by atoms with Gasteiger partial charge in [0.15, 0.2) is 0 Å². The van der Waals surface area contributed by atoms with Gasteiger partial charge in [-0.15, -0.1) is 11.3 Å². The van der Waals surface area contributed by atoms with Crippen molar-refractivity contribution in [3.05, 3.63) is 21.3 Å². The highest BCUT2D eigenvalue weighted by atomic mass is 35.5. The van der Waals surface area contributed by atoms with Gasteiger partial charge >= 0.3 is 5.97 Å². The van der Waals surface area contributed by atoms with E-state index < -0.39 is 0 Å². The molecular weight excluding hydrogens is 300 g/mol. The van der Waals surface area contributed by atoms with Gasteiger partial charge in [-0.1, -0.05) is 11.6 Å². The van der Waals surface area contributed by atoms with Crippen LogP contribution in [0.15, 0.2) is 12.1 Å². The van der Waals surface area contributed by atoms with Crippen molar-refractivity contribution in [3.8, 4) is 0 Å². The summed E-state index contributed by atoms with van der Waals surface area (Å²) in [6.45, 7) is 3.59. The van der Waals surface area contributed by atoms with E-state index >= 15 is 0 Å². The first-order valence-electron chi connectivity index (χ1n) is 6.44. The zero-order chi connectivity index (χ0) is 14.5. The summed E-state index contributed by atoms with van der Waals surface area (Å²) in [6, 6.07) is 3.50. The average molecular weight is 317 g/mol. The van der Waals surface area contributed by atoms with Gasteiger partial charge in [0.2, 0.25) is 0 Å². The third kappa shape index (κ3) is 3.94. The zero-order valence-corrected chi connectivity index (χ0v) is 12.9. The number of hydrogen-bond acceptors (Lipinski definition) is 5. The molecule has 1 fully saturated rings. The van der Waals surface area contributed by atoms with Crippen LogP contribution in [-0.4, -0.2) is 61.5 Å². The number of rotatable bonds is 4. The summed E-state index contributed by atoms with van der Waals surface area (Å²) >= 11 is 7.15. The van der Waals surface area contributed by atoms with Crippen LogP contribution < -0.4 is 0 Å². The first-order valence-corrected chi connectivity index (χ1v) is 7.63. The highest BCUT2D eigenvalue weighted by Crippen LogP contribution is 2.23. The van der Waals surface area contributed by atoms with E-state index in [2.05, 4.69) is 9.64 Å². The van der Waals surface area contributed by atoms with Gasteiger partial charge in [0, 0.05) is 32.7 Å². The van der Waals surface area contributed by atoms with Crippen LogP contribution in [-0.2, 0) is 9.53 Å². The lowest BCUT2D eigenvalue weighted by molar-refractivity contribution is -0.141. The molecule has 0 N–H and O–H groups in total. The predicted octanol–water partition coefficient (Wildman–Crippen LogP) is 1.72. The van der Waals surface area contributed by atoms with Crippen molar-refractivity contribution in [2.45, 2.75) is 6.42 Å². The molecule has 0 atom stereocenters. The molecule has 0 radical (unpaired) electrons. The van der Waals surface area contributed by atoms with Crippen LogP contribution in [0.5, 0.6) is 0 Å². The zero-order valence-electron chi connectivity index (χ0n) is 11.3. The number of halogens is 1. The lowest BCUT2D eigenvalue weighted by atomic mass is 10.2. The number of thiophene rings is 1. The first kappa shape index (κ1) is 15.3. The van der Waals surface area contributed by atoms with Gasteiger partial charge in [-0.05, 0) is 12.1 Å². The summed E-state index contributed by atoms with van der Waals surface area (Å²) in [6.07, 6.45) is 0.394. The van der Waals surface area contributed by atoms with Crippen LogP contribution in [0.4, 0.5) is 0 Å². The maximum absolute atomic E-state index is 12.2. The Morgan fingerprint density at radius 1 is 1.30 bits per heavy atom. The minimum absolute atomic E-state index is 0.0366. The molecule has 1 aromatic heterocycles. The first-order chi connectivity index (χ1) is 9.60. The smallest absolute Gasteiger partial charge is 0.306 e. The number of ether oxygens (including phenoxy) is 1. The molecule has 5 nitrogen and oxygen atoms in total. The van der Waals surface area contributed by atoms with Crippen molar-refractivity contribution in [1.82, 2.24) is 9.80 Å². The second-order valence-corrected chi connectivity index (χ2v) is 6.28. The van der Waals surface area contributed by atoms with E-state index in [9.17, 15) is 9.59 Å². The van der Waals surface area contributed by atoms with Crippen LogP contribution in [0.25, 0.3) is 0 Å². The summed E-state index contributed by atoms with van der Waals surface area (Å²) in [5, 5.41) is 0. The molecule has 1 aliphatic rings. The largest absolute Gasteiger partial charge is 0.469 e. The minimum Gasteiger partial charge on any atom is -0.469 e. The Kier molecular flexibility index (Phi) is 5.39. The van der Waals surface area contributed by atoms with Gasteiger partial charge in [-0.2, -0.15) is 0 Å². The highest BCUT2D eigenvalue weighted by Gasteiger charge is 2.23. The van der Waals surface area contributed by atoms with E-state index in [1.54, 1.807) is 12.1 Å². The van der Waals surface area contributed by atoms with Crippen LogP contribution in [0.3, 0.4) is 0 Å². The predicted molar refractivity (Wildman–Crippen MR) is 78.3 cm³/mol. The van der Waals surface area contributed by atoms with Crippen molar-refractivity contribution < 1.29 is 14.3 Å². The fourth-order valence-electron chi connectivity index (χ4n) is 2.11. The summed E-state index contributed by atoms with van der Waals surface area (Å²) in [5.41, 5.74) is 0. The van der Waals surface area contributed by atoms with Crippen LogP contribution in [0.1, 0.15) is 16.1 Å². The molecule has 0 spiro atoms. The van der Waals surface area contributed by atoms with E-state index in [0.717, 1.165) is 13.1 Å². The molecule has 0 saturated carbocycles. The number of piperazine rings is 1. The molecule has 0 unspecified atom stereocenters. The van der Waals surface area contributed by atoms with Gasteiger partial charge in [0.05, 0.1) is 22.7 Å². The molecule has 1 aromatic rings. The Morgan fingerprint density at radius 2 is 2.00 bits per heavy atom. The molecule has 2 heterocycles. The lowest BCUT2D eigenvalue weighted by Crippen LogP contribution is -2.48. The van der Waals surface area contributed by atoms with Crippen molar-refractivity contribution in [2.75, 3.05) is 39.8 Å². The van der Waals surface area contributed by atoms with E-state index in [-0.39, 0.29) is 11.9 Å². The summed E-state index contributed by atoms with van der Waals surface area (Å²) in [7, 11) is 1.39. The number of carbonyl (C=O) groups excluding carboxylic acids is 2. The molecular formula is C13H17ClN2O3S. The highest BCUT2D eigenvalue weighted by molar-refractivity contribution is 7.17. The number of methoxy groups -OCH3 is 1. The molecule has 2 rings (SSSR count). The number of hydrogen-bond donors (Lipinski definition) is 0. The second kappa shape index (κ2) is 7.06. The monoisotopic (exact) mass is 316 g/mol. The minimum atomic E-state index is -0.197. The van der Waals surface area contributed by atoms with Gasteiger partial charge in [-0.25, -0.2) is 0 Å². The van der Waals surface area contributed by atoms with Crippen LogP contribution >= 0.6 is 22.9 Å².